The lowest BCUT2D eigenvalue weighted by atomic mass is 9.97. The number of halogens is 2. The van der Waals surface area contributed by atoms with Crippen LogP contribution >= 0.6 is 0 Å². The predicted molar refractivity (Wildman–Crippen MR) is 202 cm³/mol. The van der Waals surface area contributed by atoms with Gasteiger partial charge in [0.1, 0.15) is 41.0 Å². The lowest BCUT2D eigenvalue weighted by Crippen LogP contribution is -2.41. The summed E-state index contributed by atoms with van der Waals surface area (Å²) in [4.78, 5) is 70.6. The maximum absolute atomic E-state index is 14.5. The second-order valence-electron chi connectivity index (χ2n) is 13.8. The lowest BCUT2D eigenvalue weighted by Gasteiger charge is -2.21. The molecule has 0 aliphatic carbocycles. The molecular weight excluding hydrogens is 740 g/mol. The number of aromatic nitrogens is 2. The van der Waals surface area contributed by atoms with Crippen molar-refractivity contribution in [2.75, 3.05) is 19.6 Å². The van der Waals surface area contributed by atoms with Crippen LogP contribution in [0.1, 0.15) is 66.4 Å². The van der Waals surface area contributed by atoms with Gasteiger partial charge in [-0.25, -0.2) is 23.4 Å². The number of benzene rings is 4. The third-order valence-electron chi connectivity index (χ3n) is 10.2. The number of fused-ring (bicyclic) bond motifs is 1. The molecule has 292 valence electrons. The van der Waals surface area contributed by atoms with Crippen LogP contribution in [-0.2, 0) is 18.4 Å². The first-order valence-electron chi connectivity index (χ1n) is 18.2. The second-order valence-corrected chi connectivity index (χ2v) is 13.8. The molecule has 4 aromatic carbocycles. The molecule has 2 aliphatic rings. The van der Waals surface area contributed by atoms with Crippen molar-refractivity contribution in [1.82, 2.24) is 24.7 Å². The van der Waals surface area contributed by atoms with Gasteiger partial charge < -0.3 is 34.6 Å². The molecule has 5 aromatic rings. The monoisotopic (exact) mass is 777 g/mol. The number of rotatable bonds is 13. The van der Waals surface area contributed by atoms with Gasteiger partial charge in [0.15, 0.2) is 0 Å². The van der Waals surface area contributed by atoms with Crippen molar-refractivity contribution in [3.05, 3.63) is 131 Å². The number of aliphatic carboxylic acids is 1. The number of nitrogens with zero attached hydrogens (tertiary/aromatic N) is 4. The smallest absolute Gasteiger partial charge is 0.336 e. The van der Waals surface area contributed by atoms with Crippen LogP contribution in [0.3, 0.4) is 0 Å². The molecular formula is C42H37F2N5O8. The Kier molecular flexibility index (Phi) is 10.8. The third kappa shape index (κ3) is 7.81. The Morgan fingerprint density at radius 2 is 1.65 bits per heavy atom. The number of carboxylic acid groups (broad SMARTS) is 2. The van der Waals surface area contributed by atoms with E-state index in [9.17, 15) is 43.0 Å². The summed E-state index contributed by atoms with van der Waals surface area (Å²) in [5.41, 5.74) is 3.04. The van der Waals surface area contributed by atoms with E-state index in [2.05, 4.69) is 10.3 Å². The molecule has 0 spiro atoms. The maximum atomic E-state index is 14.5. The molecule has 2 aliphatic heterocycles. The van der Waals surface area contributed by atoms with E-state index in [-0.39, 0.29) is 47.1 Å². The van der Waals surface area contributed by atoms with E-state index in [1.807, 2.05) is 12.1 Å². The van der Waals surface area contributed by atoms with Gasteiger partial charge in [-0.15, -0.1) is 0 Å². The van der Waals surface area contributed by atoms with Crippen molar-refractivity contribution >= 4 is 29.7 Å². The van der Waals surface area contributed by atoms with E-state index in [0.717, 1.165) is 22.8 Å². The summed E-state index contributed by atoms with van der Waals surface area (Å²) in [5, 5.41) is 22.2. The first-order valence-corrected chi connectivity index (χ1v) is 18.2. The number of hydrogen-bond donors (Lipinski definition) is 3. The average molecular weight is 778 g/mol. The number of hydrogen-bond acceptors (Lipinski definition) is 7. The molecule has 0 unspecified atom stereocenters. The Hall–Kier alpha value is -6.90. The van der Waals surface area contributed by atoms with Gasteiger partial charge in [0.05, 0.1) is 29.4 Å². The largest absolute Gasteiger partial charge is 0.488 e. The number of aromatic carboxylic acids is 1. The van der Waals surface area contributed by atoms with Crippen LogP contribution in [0.5, 0.6) is 5.75 Å². The molecule has 0 saturated carbocycles. The minimum Gasteiger partial charge on any atom is -0.488 e. The molecule has 0 radical (unpaired) electrons. The van der Waals surface area contributed by atoms with Crippen molar-refractivity contribution in [3.63, 3.8) is 0 Å². The number of carboxylic acids is 2. The number of unbranched alkanes of at least 4 members (excludes halogenated alkanes) is 1. The number of carbonyl (C=O) groups is 5. The normalized spacial score (nSPS) is 16.1. The quantitative estimate of drug-likeness (QED) is 0.128. The highest BCUT2D eigenvalue weighted by atomic mass is 19.1. The highest BCUT2D eigenvalue weighted by Crippen LogP contribution is 2.35. The van der Waals surface area contributed by atoms with Gasteiger partial charge in [-0.05, 0) is 72.0 Å². The number of amides is 3. The van der Waals surface area contributed by atoms with E-state index in [0.29, 0.717) is 49.9 Å². The molecule has 1 aromatic heterocycles. The molecule has 7 rings (SSSR count). The topological polar surface area (TPSA) is 171 Å². The number of nitrogens with one attached hydrogen (secondary N) is 1. The van der Waals surface area contributed by atoms with Gasteiger partial charge in [0, 0.05) is 44.7 Å². The zero-order valence-corrected chi connectivity index (χ0v) is 30.7. The lowest BCUT2D eigenvalue weighted by molar-refractivity contribution is -0.141. The summed E-state index contributed by atoms with van der Waals surface area (Å²) in [6.45, 7) is 1.08. The highest BCUT2D eigenvalue weighted by molar-refractivity contribution is 6.05. The fraction of sp³-hybridized carbons (Fsp3) is 0.238. The van der Waals surface area contributed by atoms with Crippen molar-refractivity contribution in [2.45, 2.75) is 38.0 Å². The van der Waals surface area contributed by atoms with E-state index >= 15 is 0 Å². The second kappa shape index (κ2) is 16.1. The summed E-state index contributed by atoms with van der Waals surface area (Å²) in [6.07, 6.45) is 1.73. The van der Waals surface area contributed by atoms with E-state index in [4.69, 9.17) is 4.74 Å². The van der Waals surface area contributed by atoms with Crippen LogP contribution in [0.4, 0.5) is 8.78 Å². The van der Waals surface area contributed by atoms with E-state index in [1.54, 1.807) is 47.4 Å². The Labute approximate surface area is 325 Å². The summed E-state index contributed by atoms with van der Waals surface area (Å²) >= 11 is 0. The Morgan fingerprint density at radius 3 is 2.40 bits per heavy atom. The minimum absolute atomic E-state index is 0.00606. The van der Waals surface area contributed by atoms with Gasteiger partial charge in [-0.3, -0.25) is 14.4 Å². The fourth-order valence-corrected chi connectivity index (χ4v) is 7.38. The zero-order valence-electron chi connectivity index (χ0n) is 30.7. The van der Waals surface area contributed by atoms with E-state index < -0.39 is 47.5 Å². The third-order valence-corrected chi connectivity index (χ3v) is 10.2. The number of likely N-dealkylation sites (tertiary alicyclic amines) is 1. The molecule has 1 fully saturated rings. The van der Waals surface area contributed by atoms with Crippen LogP contribution in [0.15, 0.2) is 91.1 Å². The SMILES string of the molecule is Cn1c(C(=O)N2C[C@@H](Oc3cccc(-c4cccc5c4CN(CCCCNC(=O)c4ccccc4C(=O)O)C5=O)c3)C[C@H]2C(=O)O)cnc1-c1ccc(F)cc1F. The standard InChI is InChI=1S/C42H37F2N5O8/c1-47-36(21-46-37(47)32-15-14-25(43)19-34(32)44)40(52)49-22-27(20-35(49)42(55)56)57-26-9-6-8-24(18-26)28-12-7-13-30-33(28)23-48(39(30)51)17-5-4-16-45-38(50)29-10-2-3-11-31(29)41(53)54/h2-3,6-15,18-19,21,27,35H,4-5,16-17,20,22-23H2,1H3,(H,45,50)(H,53,54)(H,55,56)/t27-,35-/m0/s1. The zero-order chi connectivity index (χ0) is 40.4. The van der Waals surface area contributed by atoms with Crippen LogP contribution in [0, 0.1) is 11.6 Å². The van der Waals surface area contributed by atoms with Gasteiger partial charge in [-0.2, -0.15) is 0 Å². The van der Waals surface area contributed by atoms with Crippen molar-refractivity contribution in [3.8, 4) is 28.3 Å². The molecule has 13 nitrogen and oxygen atoms in total. The van der Waals surface area contributed by atoms with Gasteiger partial charge in [0.2, 0.25) is 0 Å². The summed E-state index contributed by atoms with van der Waals surface area (Å²) in [6, 6.07) is 20.5. The number of ether oxygens (including phenoxy) is 1. The fourth-order valence-electron chi connectivity index (χ4n) is 7.38. The van der Waals surface area contributed by atoms with Crippen LogP contribution in [0.25, 0.3) is 22.5 Å². The highest BCUT2D eigenvalue weighted by Gasteiger charge is 2.42. The maximum Gasteiger partial charge on any atom is 0.336 e. The molecule has 3 heterocycles. The average Bonchev–Trinajstić information content (AvgIpc) is 3.89. The molecule has 57 heavy (non-hydrogen) atoms. The first kappa shape index (κ1) is 38.4. The van der Waals surface area contributed by atoms with Gasteiger partial charge in [-0.1, -0.05) is 36.4 Å². The molecule has 1 saturated heterocycles. The summed E-state index contributed by atoms with van der Waals surface area (Å²) in [7, 11) is 1.49. The molecule has 15 heteroatoms. The molecule has 0 bridgehead atoms. The Balaban J connectivity index is 0.985. The van der Waals surface area contributed by atoms with E-state index in [1.165, 1.54) is 40.9 Å². The summed E-state index contributed by atoms with van der Waals surface area (Å²) in [5.74, 6) is -4.72. The Morgan fingerprint density at radius 1 is 0.895 bits per heavy atom. The van der Waals surface area contributed by atoms with Crippen LogP contribution < -0.4 is 10.1 Å². The number of imidazole rings is 1. The molecule has 2 atom stereocenters. The van der Waals surface area contributed by atoms with Crippen molar-refractivity contribution in [1.29, 1.82) is 0 Å². The van der Waals surface area contributed by atoms with Crippen LogP contribution in [-0.4, -0.2) is 91.0 Å². The molecule has 3 N–H and O–H groups in total. The van der Waals surface area contributed by atoms with Crippen molar-refractivity contribution in [2.24, 2.45) is 7.05 Å². The predicted octanol–water partition coefficient (Wildman–Crippen LogP) is 5.64. The first-order chi connectivity index (χ1) is 27.4. The van der Waals surface area contributed by atoms with Gasteiger partial charge in [0.25, 0.3) is 17.7 Å². The van der Waals surface area contributed by atoms with Crippen molar-refractivity contribution < 1.29 is 47.7 Å². The van der Waals surface area contributed by atoms with Crippen LogP contribution in [0.2, 0.25) is 0 Å². The number of carbonyl (C=O) groups excluding carboxylic acids is 3. The Bertz CT molecular complexity index is 2420. The van der Waals surface area contributed by atoms with Gasteiger partial charge >= 0.3 is 11.9 Å². The summed E-state index contributed by atoms with van der Waals surface area (Å²) < 4.78 is 35.6. The minimum atomic E-state index is -1.21. The molecule has 3 amide bonds.